The molecular formula is C12H11BrO. The Kier molecular flexibility index (Phi) is 2.31. The molecule has 1 aromatic carbocycles. The van der Waals surface area contributed by atoms with Crippen LogP contribution in [0.3, 0.4) is 0 Å². The summed E-state index contributed by atoms with van der Waals surface area (Å²) in [5.74, 6) is 0.360. The van der Waals surface area contributed by atoms with Gasteiger partial charge in [0.25, 0.3) is 0 Å². The summed E-state index contributed by atoms with van der Waals surface area (Å²) in [6.45, 7) is 5.70. The molecule has 0 N–H and O–H groups in total. The summed E-state index contributed by atoms with van der Waals surface area (Å²) in [6, 6.07) is 3.92. The molecule has 0 fully saturated rings. The zero-order chi connectivity index (χ0) is 10.3. The Bertz CT molecular complexity index is 421. The summed E-state index contributed by atoms with van der Waals surface area (Å²) in [5.41, 5.74) is 2.96. The van der Waals surface area contributed by atoms with E-state index in [4.69, 9.17) is 0 Å². The van der Waals surface area contributed by atoms with Gasteiger partial charge in [0.05, 0.1) is 0 Å². The number of ketones is 1. The van der Waals surface area contributed by atoms with E-state index in [1.54, 1.807) is 6.08 Å². The van der Waals surface area contributed by atoms with E-state index in [9.17, 15) is 4.79 Å². The first-order valence-electron chi connectivity index (χ1n) is 4.63. The average Bonchev–Trinajstić information content (AvgIpc) is 2.47. The van der Waals surface area contributed by atoms with Gasteiger partial charge in [0.2, 0.25) is 0 Å². The average molecular weight is 251 g/mol. The van der Waals surface area contributed by atoms with Crippen molar-refractivity contribution in [3.63, 3.8) is 0 Å². The molecule has 1 nitrogen and oxygen atoms in total. The second-order valence-corrected chi connectivity index (χ2v) is 4.52. The smallest absolute Gasteiger partial charge is 0.166 e. The minimum Gasteiger partial charge on any atom is -0.294 e. The first-order chi connectivity index (χ1) is 6.65. The van der Waals surface area contributed by atoms with Crippen molar-refractivity contribution in [2.24, 2.45) is 5.92 Å². The second-order valence-electron chi connectivity index (χ2n) is 3.66. The number of carbonyl (C=O) groups excluding carboxylic acids is 1. The van der Waals surface area contributed by atoms with Crippen molar-refractivity contribution in [1.82, 2.24) is 0 Å². The molecule has 0 spiro atoms. The predicted octanol–water partition coefficient (Wildman–Crippen LogP) is 3.47. The fraction of sp³-hybridized carbons (Fsp3) is 0.250. The van der Waals surface area contributed by atoms with Gasteiger partial charge in [-0.15, -0.1) is 0 Å². The minimum atomic E-state index is 0.113. The summed E-state index contributed by atoms with van der Waals surface area (Å²) < 4.78 is 1.04. The standard InChI is InChI=1S/C12H11BrO/c1-3-8-4-5-10(13)9-6-7(2)12(14)11(8)9/h3-5,7H,1,6H2,2H3. The fourth-order valence-electron chi connectivity index (χ4n) is 1.95. The van der Waals surface area contributed by atoms with Gasteiger partial charge in [-0.1, -0.05) is 41.6 Å². The molecule has 0 aromatic heterocycles. The van der Waals surface area contributed by atoms with Crippen LogP contribution in [0, 0.1) is 5.92 Å². The molecule has 0 bridgehead atoms. The van der Waals surface area contributed by atoms with Gasteiger partial charge in [-0.25, -0.2) is 0 Å². The zero-order valence-electron chi connectivity index (χ0n) is 8.01. The van der Waals surface area contributed by atoms with E-state index in [-0.39, 0.29) is 11.7 Å². The van der Waals surface area contributed by atoms with Crippen molar-refractivity contribution in [2.75, 3.05) is 0 Å². The summed E-state index contributed by atoms with van der Waals surface area (Å²) in [7, 11) is 0. The Morgan fingerprint density at radius 3 is 2.93 bits per heavy atom. The van der Waals surface area contributed by atoms with Gasteiger partial charge in [0.1, 0.15) is 0 Å². The van der Waals surface area contributed by atoms with Crippen LogP contribution in [0.1, 0.15) is 28.4 Å². The normalized spacial score (nSPS) is 19.6. The highest BCUT2D eigenvalue weighted by atomic mass is 79.9. The molecule has 2 rings (SSSR count). The van der Waals surface area contributed by atoms with Crippen LogP contribution >= 0.6 is 15.9 Å². The lowest BCUT2D eigenvalue weighted by molar-refractivity contribution is 0.0946. The molecule has 0 saturated heterocycles. The fourth-order valence-corrected chi connectivity index (χ4v) is 2.44. The van der Waals surface area contributed by atoms with E-state index in [0.29, 0.717) is 0 Å². The van der Waals surface area contributed by atoms with E-state index in [1.807, 2.05) is 19.1 Å². The van der Waals surface area contributed by atoms with Crippen LogP contribution in [0.4, 0.5) is 0 Å². The number of fused-ring (bicyclic) bond motifs is 1. The lowest BCUT2D eigenvalue weighted by atomic mass is 10.0. The number of rotatable bonds is 1. The number of Topliss-reactive ketones (excluding diaryl/α,β-unsaturated/α-hetero) is 1. The van der Waals surface area contributed by atoms with Gasteiger partial charge in [-0.3, -0.25) is 4.79 Å². The third kappa shape index (κ3) is 1.25. The molecular weight excluding hydrogens is 240 g/mol. The zero-order valence-corrected chi connectivity index (χ0v) is 9.60. The number of hydrogen-bond donors (Lipinski definition) is 0. The molecule has 1 aliphatic carbocycles. The van der Waals surface area contributed by atoms with Gasteiger partial charge >= 0.3 is 0 Å². The maximum absolute atomic E-state index is 11.9. The predicted molar refractivity (Wildman–Crippen MR) is 61.4 cm³/mol. The van der Waals surface area contributed by atoms with Crippen molar-refractivity contribution in [2.45, 2.75) is 13.3 Å². The van der Waals surface area contributed by atoms with Crippen LogP contribution in [0.15, 0.2) is 23.2 Å². The first-order valence-corrected chi connectivity index (χ1v) is 5.42. The molecule has 1 unspecified atom stereocenters. The third-order valence-corrected chi connectivity index (χ3v) is 3.46. The van der Waals surface area contributed by atoms with Crippen molar-refractivity contribution in [3.8, 4) is 0 Å². The Balaban J connectivity index is 2.70. The van der Waals surface area contributed by atoms with Gasteiger partial charge in [0, 0.05) is 16.0 Å². The summed E-state index contributed by atoms with van der Waals surface area (Å²) in [5, 5.41) is 0. The summed E-state index contributed by atoms with van der Waals surface area (Å²) in [6.07, 6.45) is 2.59. The molecule has 0 aliphatic heterocycles. The summed E-state index contributed by atoms with van der Waals surface area (Å²) >= 11 is 3.48. The Hall–Kier alpha value is -0.890. The highest BCUT2D eigenvalue weighted by Crippen LogP contribution is 2.34. The Morgan fingerprint density at radius 1 is 1.57 bits per heavy atom. The number of benzene rings is 1. The maximum Gasteiger partial charge on any atom is 0.166 e. The molecule has 1 atom stereocenters. The lowest BCUT2D eigenvalue weighted by Crippen LogP contribution is -2.04. The molecule has 14 heavy (non-hydrogen) atoms. The van der Waals surface area contributed by atoms with E-state index in [0.717, 1.165) is 27.6 Å². The monoisotopic (exact) mass is 250 g/mol. The number of halogens is 1. The first kappa shape index (κ1) is 9.66. The highest BCUT2D eigenvalue weighted by molar-refractivity contribution is 9.10. The molecule has 0 heterocycles. The lowest BCUT2D eigenvalue weighted by Gasteiger charge is -2.04. The third-order valence-electron chi connectivity index (χ3n) is 2.71. The van der Waals surface area contributed by atoms with Crippen molar-refractivity contribution >= 4 is 27.8 Å². The van der Waals surface area contributed by atoms with E-state index < -0.39 is 0 Å². The Labute approximate surface area is 92.0 Å². The largest absolute Gasteiger partial charge is 0.294 e. The van der Waals surface area contributed by atoms with Crippen LogP contribution in [-0.2, 0) is 6.42 Å². The highest BCUT2D eigenvalue weighted by Gasteiger charge is 2.30. The summed E-state index contributed by atoms with van der Waals surface area (Å²) in [4.78, 5) is 11.9. The van der Waals surface area contributed by atoms with Crippen LogP contribution in [-0.4, -0.2) is 5.78 Å². The van der Waals surface area contributed by atoms with Crippen LogP contribution in [0.5, 0.6) is 0 Å². The maximum atomic E-state index is 11.9. The van der Waals surface area contributed by atoms with Crippen molar-refractivity contribution in [1.29, 1.82) is 0 Å². The van der Waals surface area contributed by atoms with Crippen LogP contribution < -0.4 is 0 Å². The minimum absolute atomic E-state index is 0.113. The van der Waals surface area contributed by atoms with E-state index in [1.165, 1.54) is 0 Å². The van der Waals surface area contributed by atoms with Crippen LogP contribution in [0.2, 0.25) is 0 Å². The topological polar surface area (TPSA) is 17.1 Å². The van der Waals surface area contributed by atoms with Crippen molar-refractivity contribution < 1.29 is 4.79 Å². The Morgan fingerprint density at radius 2 is 2.29 bits per heavy atom. The van der Waals surface area contributed by atoms with Gasteiger partial charge < -0.3 is 0 Å². The van der Waals surface area contributed by atoms with Gasteiger partial charge in [-0.05, 0) is 23.6 Å². The number of hydrogen-bond acceptors (Lipinski definition) is 1. The SMILES string of the molecule is C=Cc1ccc(Br)c2c1C(=O)C(C)C2. The molecule has 1 aromatic rings. The van der Waals surface area contributed by atoms with Gasteiger partial charge in [0.15, 0.2) is 5.78 Å². The molecule has 72 valence electrons. The quantitative estimate of drug-likeness (QED) is 0.746. The van der Waals surface area contributed by atoms with Crippen molar-refractivity contribution in [3.05, 3.63) is 39.9 Å². The van der Waals surface area contributed by atoms with Crippen LogP contribution in [0.25, 0.3) is 6.08 Å². The second kappa shape index (κ2) is 3.35. The molecule has 2 heteroatoms. The van der Waals surface area contributed by atoms with E-state index in [2.05, 4.69) is 22.5 Å². The molecule has 0 amide bonds. The molecule has 0 radical (unpaired) electrons. The number of carbonyl (C=O) groups is 1. The van der Waals surface area contributed by atoms with Gasteiger partial charge in [-0.2, -0.15) is 0 Å². The molecule has 1 aliphatic rings. The van der Waals surface area contributed by atoms with E-state index >= 15 is 0 Å². The molecule has 0 saturated carbocycles.